The van der Waals surface area contributed by atoms with Crippen LogP contribution >= 0.6 is 0 Å². The van der Waals surface area contributed by atoms with E-state index in [2.05, 4.69) is 5.32 Å². The lowest BCUT2D eigenvalue weighted by molar-refractivity contribution is -0.150. The van der Waals surface area contributed by atoms with Crippen LogP contribution in [0.4, 0.5) is 4.79 Å². The van der Waals surface area contributed by atoms with Crippen molar-refractivity contribution in [2.24, 2.45) is 0 Å². The number of hydrazine groups is 1. The molecule has 0 aliphatic carbocycles. The molecule has 5 nitrogen and oxygen atoms in total. The van der Waals surface area contributed by atoms with Crippen LogP contribution in [0.3, 0.4) is 0 Å². The van der Waals surface area contributed by atoms with Crippen LogP contribution in [0, 0.1) is 0 Å². The molecule has 0 atom stereocenters. The molecule has 0 aromatic carbocycles. The van der Waals surface area contributed by atoms with Gasteiger partial charge in [-0.3, -0.25) is 4.79 Å². The molecule has 0 unspecified atom stereocenters. The minimum Gasteiger partial charge on any atom is -0.332 e. The predicted molar refractivity (Wildman–Crippen MR) is 77.5 cm³/mol. The lowest BCUT2D eigenvalue weighted by Crippen LogP contribution is -2.65. The van der Waals surface area contributed by atoms with Gasteiger partial charge in [-0.2, -0.15) is 0 Å². The molecule has 0 aliphatic rings. The zero-order valence-electron chi connectivity index (χ0n) is 13.8. The average molecular weight is 271 g/mol. The maximum atomic E-state index is 12.5. The van der Waals surface area contributed by atoms with E-state index >= 15 is 0 Å². The van der Waals surface area contributed by atoms with Gasteiger partial charge in [0.1, 0.15) is 0 Å². The summed E-state index contributed by atoms with van der Waals surface area (Å²) in [7, 11) is 0. The van der Waals surface area contributed by atoms with E-state index in [0.29, 0.717) is 6.41 Å². The van der Waals surface area contributed by atoms with Crippen LogP contribution in [0.5, 0.6) is 0 Å². The Morgan fingerprint density at radius 3 is 1.53 bits per heavy atom. The lowest BCUT2D eigenvalue weighted by Gasteiger charge is -2.48. The molecule has 0 saturated carbocycles. The molecule has 112 valence electrons. The van der Waals surface area contributed by atoms with Crippen molar-refractivity contribution in [2.75, 3.05) is 0 Å². The molecule has 0 aliphatic heterocycles. The highest BCUT2D eigenvalue weighted by molar-refractivity contribution is 5.77. The van der Waals surface area contributed by atoms with Crippen LogP contribution in [0.15, 0.2) is 0 Å². The summed E-state index contributed by atoms with van der Waals surface area (Å²) in [6, 6.07) is -0.276. The number of amides is 3. The summed E-state index contributed by atoms with van der Waals surface area (Å²) < 4.78 is 0. The topological polar surface area (TPSA) is 52.7 Å². The zero-order valence-corrected chi connectivity index (χ0v) is 13.8. The second-order valence-electron chi connectivity index (χ2n) is 7.78. The van der Waals surface area contributed by atoms with Crippen LogP contribution in [-0.4, -0.2) is 39.1 Å². The van der Waals surface area contributed by atoms with E-state index in [4.69, 9.17) is 0 Å². The second-order valence-corrected chi connectivity index (χ2v) is 7.78. The van der Waals surface area contributed by atoms with Crippen molar-refractivity contribution in [3.8, 4) is 0 Å². The normalized spacial score (nSPS) is 12.9. The molecule has 0 spiro atoms. The maximum Gasteiger partial charge on any atom is 0.337 e. The van der Waals surface area contributed by atoms with Gasteiger partial charge < -0.3 is 5.32 Å². The second kappa shape index (κ2) is 5.39. The first kappa shape index (κ1) is 17.7. The van der Waals surface area contributed by atoms with E-state index < -0.39 is 11.1 Å². The number of rotatable bonds is 2. The maximum absolute atomic E-state index is 12.5. The third kappa shape index (κ3) is 5.49. The van der Waals surface area contributed by atoms with Gasteiger partial charge in [-0.05, 0) is 62.3 Å². The fourth-order valence-corrected chi connectivity index (χ4v) is 1.60. The van der Waals surface area contributed by atoms with Crippen LogP contribution in [0.2, 0.25) is 0 Å². The van der Waals surface area contributed by atoms with Gasteiger partial charge in [-0.25, -0.2) is 14.8 Å². The van der Waals surface area contributed by atoms with E-state index in [9.17, 15) is 9.59 Å². The van der Waals surface area contributed by atoms with E-state index in [1.54, 1.807) is 0 Å². The van der Waals surface area contributed by atoms with Crippen LogP contribution in [0.25, 0.3) is 0 Å². The number of nitrogens with one attached hydrogen (secondary N) is 1. The average Bonchev–Trinajstić information content (AvgIpc) is 2.05. The fourth-order valence-electron chi connectivity index (χ4n) is 1.60. The summed E-state index contributed by atoms with van der Waals surface area (Å²) in [5, 5.41) is 5.82. The van der Waals surface area contributed by atoms with Crippen molar-refractivity contribution in [1.82, 2.24) is 15.3 Å². The smallest absolute Gasteiger partial charge is 0.332 e. The Hall–Kier alpha value is -1.26. The van der Waals surface area contributed by atoms with Crippen molar-refractivity contribution in [3.63, 3.8) is 0 Å². The van der Waals surface area contributed by atoms with Gasteiger partial charge in [0.15, 0.2) is 0 Å². The van der Waals surface area contributed by atoms with Gasteiger partial charge in [0.05, 0.1) is 11.1 Å². The summed E-state index contributed by atoms with van der Waals surface area (Å²) in [4.78, 5) is 23.9. The summed E-state index contributed by atoms with van der Waals surface area (Å²) in [6.45, 7) is 17.1. The van der Waals surface area contributed by atoms with Gasteiger partial charge in [0, 0.05) is 5.54 Å². The first-order valence-electron chi connectivity index (χ1n) is 6.57. The van der Waals surface area contributed by atoms with Crippen molar-refractivity contribution in [2.45, 2.75) is 78.9 Å². The molecule has 0 fully saturated rings. The largest absolute Gasteiger partial charge is 0.337 e. The van der Waals surface area contributed by atoms with Gasteiger partial charge in [0.2, 0.25) is 6.41 Å². The lowest BCUT2D eigenvalue weighted by atomic mass is 10.0. The first-order valence-corrected chi connectivity index (χ1v) is 6.57. The first-order chi connectivity index (χ1) is 8.20. The highest BCUT2D eigenvalue weighted by Crippen LogP contribution is 2.23. The Kier molecular flexibility index (Phi) is 5.03. The van der Waals surface area contributed by atoms with Crippen molar-refractivity contribution in [3.05, 3.63) is 0 Å². The molecule has 0 bridgehead atoms. The highest BCUT2D eigenvalue weighted by Gasteiger charge is 2.38. The molecule has 0 radical (unpaired) electrons. The van der Waals surface area contributed by atoms with Crippen molar-refractivity contribution in [1.29, 1.82) is 0 Å². The quantitative estimate of drug-likeness (QED) is 0.620. The highest BCUT2D eigenvalue weighted by atomic mass is 16.2. The van der Waals surface area contributed by atoms with Crippen LogP contribution < -0.4 is 5.32 Å². The van der Waals surface area contributed by atoms with E-state index in [-0.39, 0.29) is 11.6 Å². The van der Waals surface area contributed by atoms with Crippen molar-refractivity contribution < 1.29 is 9.59 Å². The zero-order chi connectivity index (χ0) is 15.6. The molecular formula is C14H29N3O2. The molecule has 19 heavy (non-hydrogen) atoms. The molecule has 3 amide bonds. The van der Waals surface area contributed by atoms with Crippen LogP contribution in [-0.2, 0) is 4.79 Å². The molecular weight excluding hydrogens is 242 g/mol. The van der Waals surface area contributed by atoms with Gasteiger partial charge >= 0.3 is 6.03 Å². The monoisotopic (exact) mass is 271 g/mol. The molecule has 1 N–H and O–H groups in total. The molecule has 5 heteroatoms. The number of hydrogen-bond donors (Lipinski definition) is 1. The Labute approximate surface area is 117 Å². The standard InChI is InChI=1S/C14H29N3O2/c1-12(2,3)15-11(19)17(14(7,8)9)16(10-18)13(4,5)6/h10H,1-9H3,(H,15,19). The molecule has 0 heterocycles. The summed E-state index contributed by atoms with van der Waals surface area (Å²) in [6.07, 6.45) is 0.702. The van der Waals surface area contributed by atoms with E-state index in [1.165, 1.54) is 10.0 Å². The Morgan fingerprint density at radius 2 is 1.32 bits per heavy atom. The number of nitrogens with zero attached hydrogens (tertiary/aromatic N) is 2. The third-order valence-corrected chi connectivity index (χ3v) is 2.31. The Balaban J connectivity index is 5.47. The number of carbonyl (C=O) groups is 2. The minimum atomic E-state index is -0.497. The molecule has 0 aromatic rings. The summed E-state index contributed by atoms with van der Waals surface area (Å²) in [5.74, 6) is 0. The number of urea groups is 1. The predicted octanol–water partition coefficient (Wildman–Crippen LogP) is 2.77. The van der Waals surface area contributed by atoms with Crippen molar-refractivity contribution >= 4 is 12.4 Å². The Bertz CT molecular complexity index is 332. The summed E-state index contributed by atoms with van der Waals surface area (Å²) in [5.41, 5.74) is -1.32. The summed E-state index contributed by atoms with van der Waals surface area (Å²) >= 11 is 0. The number of carbonyl (C=O) groups excluding carboxylic acids is 2. The fraction of sp³-hybridized carbons (Fsp3) is 0.857. The van der Waals surface area contributed by atoms with Gasteiger partial charge in [-0.15, -0.1) is 0 Å². The van der Waals surface area contributed by atoms with Gasteiger partial charge in [0.25, 0.3) is 0 Å². The van der Waals surface area contributed by atoms with Crippen LogP contribution in [0.1, 0.15) is 62.3 Å². The number of hydrogen-bond acceptors (Lipinski definition) is 2. The molecule has 0 rings (SSSR count). The Morgan fingerprint density at radius 1 is 0.895 bits per heavy atom. The van der Waals surface area contributed by atoms with E-state index in [0.717, 1.165) is 0 Å². The van der Waals surface area contributed by atoms with E-state index in [1.807, 2.05) is 62.3 Å². The molecule has 0 saturated heterocycles. The van der Waals surface area contributed by atoms with Gasteiger partial charge in [-0.1, -0.05) is 0 Å². The molecule has 0 aromatic heterocycles. The third-order valence-electron chi connectivity index (χ3n) is 2.31. The minimum absolute atomic E-state index is 0.276. The SMILES string of the molecule is CC(C)(C)NC(=O)N(N(C=O)C(C)(C)C)C(C)(C)C.